The number of piperazine rings is 1. The van der Waals surface area contributed by atoms with E-state index in [1.807, 2.05) is 0 Å². The molecule has 0 saturated carbocycles. The Morgan fingerprint density at radius 2 is 1.78 bits per heavy atom. The summed E-state index contributed by atoms with van der Waals surface area (Å²) in [6.45, 7) is 0.0515. The van der Waals surface area contributed by atoms with Gasteiger partial charge in [-0.05, 0) is 19.1 Å². The molecule has 1 amide bonds. The summed E-state index contributed by atoms with van der Waals surface area (Å²) >= 11 is 0. The van der Waals surface area contributed by atoms with Crippen LogP contribution in [0.2, 0.25) is 0 Å². The molecule has 0 bridgehead atoms. The van der Waals surface area contributed by atoms with Crippen LogP contribution in [0.4, 0.5) is 13.2 Å². The summed E-state index contributed by atoms with van der Waals surface area (Å²) in [5, 5.41) is 18.5. The summed E-state index contributed by atoms with van der Waals surface area (Å²) in [5.41, 5.74) is -3.17. The van der Waals surface area contributed by atoms with Gasteiger partial charge in [0.25, 0.3) is 0 Å². The van der Waals surface area contributed by atoms with Gasteiger partial charge >= 0.3 is 6.18 Å². The molecule has 1 N–H and O–H groups in total. The lowest BCUT2D eigenvalue weighted by Crippen LogP contribution is -2.53. The Kier molecular flexibility index (Phi) is 5.84. The molecule has 1 heterocycles. The molecule has 1 aromatic rings. The van der Waals surface area contributed by atoms with Crippen LogP contribution >= 0.6 is 0 Å². The maximum atomic E-state index is 12.7. The third-order valence-corrected chi connectivity index (χ3v) is 6.28. The number of hydrogen-bond donors (Lipinski definition) is 1. The molecule has 0 aliphatic carbocycles. The van der Waals surface area contributed by atoms with E-state index in [-0.39, 0.29) is 36.6 Å². The molecule has 0 unspecified atom stereocenters. The van der Waals surface area contributed by atoms with Crippen molar-refractivity contribution in [3.05, 3.63) is 29.8 Å². The monoisotopic (exact) mass is 405 g/mol. The van der Waals surface area contributed by atoms with E-state index in [0.29, 0.717) is 6.92 Å². The van der Waals surface area contributed by atoms with Crippen molar-refractivity contribution < 1.29 is 31.5 Å². The number of carbonyl (C=O) groups is 1. The summed E-state index contributed by atoms with van der Waals surface area (Å²) in [6.07, 6.45) is -6.09. The topological polar surface area (TPSA) is 102 Å². The lowest BCUT2D eigenvalue weighted by atomic mass is 10.0. The SMILES string of the molecule is C[C@](O)(CC(=O)N1CCN(S(=O)(=O)c2ccccc2C#N)CC1)C(F)(F)F. The van der Waals surface area contributed by atoms with Gasteiger partial charge in [-0.1, -0.05) is 12.1 Å². The van der Waals surface area contributed by atoms with Crippen molar-refractivity contribution in [1.82, 2.24) is 9.21 Å². The fraction of sp³-hybridized carbons (Fsp3) is 0.500. The number of sulfonamides is 1. The first kappa shape index (κ1) is 21.1. The largest absolute Gasteiger partial charge is 0.417 e. The van der Waals surface area contributed by atoms with Gasteiger partial charge < -0.3 is 10.0 Å². The molecule has 0 spiro atoms. The molecular formula is C16H18F3N3O4S. The Bertz CT molecular complexity index is 854. The van der Waals surface area contributed by atoms with Gasteiger partial charge in [-0.3, -0.25) is 4.79 Å². The zero-order chi connectivity index (χ0) is 20.5. The molecule has 1 atom stereocenters. The molecular weight excluding hydrogens is 387 g/mol. The van der Waals surface area contributed by atoms with E-state index in [2.05, 4.69) is 0 Å². The second-order valence-electron chi connectivity index (χ2n) is 6.34. The maximum absolute atomic E-state index is 12.7. The summed E-state index contributed by atoms with van der Waals surface area (Å²) < 4.78 is 64.6. The van der Waals surface area contributed by atoms with Crippen molar-refractivity contribution in [2.45, 2.75) is 30.0 Å². The predicted octanol–water partition coefficient (Wildman–Crippen LogP) is 1.09. The zero-order valence-corrected chi connectivity index (χ0v) is 15.2. The van der Waals surface area contributed by atoms with Crippen LogP contribution in [0.5, 0.6) is 0 Å². The molecule has 7 nitrogen and oxygen atoms in total. The number of amides is 1. The third kappa shape index (κ3) is 4.40. The molecule has 11 heteroatoms. The van der Waals surface area contributed by atoms with E-state index in [0.717, 1.165) is 9.21 Å². The molecule has 1 saturated heterocycles. The number of aliphatic hydroxyl groups is 1. The average molecular weight is 405 g/mol. The number of nitrogens with zero attached hydrogens (tertiary/aromatic N) is 3. The van der Waals surface area contributed by atoms with Gasteiger partial charge in [-0.15, -0.1) is 0 Å². The van der Waals surface area contributed by atoms with Crippen LogP contribution in [0.3, 0.4) is 0 Å². The molecule has 148 valence electrons. The lowest BCUT2D eigenvalue weighted by Gasteiger charge is -2.36. The fourth-order valence-electron chi connectivity index (χ4n) is 2.61. The summed E-state index contributed by atoms with van der Waals surface area (Å²) in [6, 6.07) is 7.47. The number of alkyl halides is 3. The van der Waals surface area contributed by atoms with Gasteiger partial charge in [0, 0.05) is 26.2 Å². The maximum Gasteiger partial charge on any atom is 0.417 e. The van der Waals surface area contributed by atoms with Crippen molar-refractivity contribution >= 4 is 15.9 Å². The molecule has 1 fully saturated rings. The average Bonchev–Trinajstić information content (AvgIpc) is 2.60. The number of hydrogen-bond acceptors (Lipinski definition) is 5. The van der Waals surface area contributed by atoms with Gasteiger partial charge in [0.2, 0.25) is 15.9 Å². The second-order valence-corrected chi connectivity index (χ2v) is 8.25. The van der Waals surface area contributed by atoms with Gasteiger partial charge in [0.15, 0.2) is 5.60 Å². The zero-order valence-electron chi connectivity index (χ0n) is 14.4. The Balaban J connectivity index is 2.07. The van der Waals surface area contributed by atoms with Crippen molar-refractivity contribution in [2.24, 2.45) is 0 Å². The van der Waals surface area contributed by atoms with Gasteiger partial charge in [0.1, 0.15) is 6.07 Å². The summed E-state index contributed by atoms with van der Waals surface area (Å²) in [7, 11) is -3.97. The highest BCUT2D eigenvalue weighted by atomic mass is 32.2. The summed E-state index contributed by atoms with van der Waals surface area (Å²) in [4.78, 5) is 13.0. The molecule has 27 heavy (non-hydrogen) atoms. The Morgan fingerprint density at radius 1 is 1.22 bits per heavy atom. The standard InChI is InChI=1S/C16H18F3N3O4S/c1-15(24,16(17,18)19)10-14(23)21-6-8-22(9-7-21)27(25,26)13-5-3-2-4-12(13)11-20/h2-5,24H,6-10H2,1H3/t15-/m0/s1. The van der Waals surface area contributed by atoms with Crippen LogP contribution in [-0.4, -0.2) is 66.6 Å². The number of halogens is 3. The number of benzene rings is 1. The van der Waals surface area contributed by atoms with Crippen LogP contribution < -0.4 is 0 Å². The molecule has 2 rings (SSSR count). The van der Waals surface area contributed by atoms with Crippen LogP contribution in [0.15, 0.2) is 29.2 Å². The van der Waals surface area contributed by atoms with E-state index in [1.165, 1.54) is 24.3 Å². The molecule has 0 radical (unpaired) electrons. The first-order chi connectivity index (χ1) is 12.4. The number of nitriles is 1. The number of carbonyl (C=O) groups excluding carboxylic acids is 1. The van der Waals surface area contributed by atoms with Crippen molar-refractivity contribution in [2.75, 3.05) is 26.2 Å². The first-order valence-electron chi connectivity index (χ1n) is 7.96. The Hall–Kier alpha value is -2.16. The van der Waals surface area contributed by atoms with E-state index < -0.39 is 34.1 Å². The van der Waals surface area contributed by atoms with Crippen molar-refractivity contribution in [1.29, 1.82) is 5.26 Å². The quantitative estimate of drug-likeness (QED) is 0.808. The van der Waals surface area contributed by atoms with Crippen molar-refractivity contribution in [3.8, 4) is 6.07 Å². The van der Waals surface area contributed by atoms with E-state index in [4.69, 9.17) is 5.26 Å². The molecule has 0 aromatic heterocycles. The lowest BCUT2D eigenvalue weighted by molar-refractivity contribution is -0.254. The van der Waals surface area contributed by atoms with E-state index in [9.17, 15) is 31.5 Å². The van der Waals surface area contributed by atoms with Gasteiger partial charge in [-0.25, -0.2) is 8.42 Å². The van der Waals surface area contributed by atoms with Crippen LogP contribution in [-0.2, 0) is 14.8 Å². The molecule has 1 aromatic carbocycles. The van der Waals surface area contributed by atoms with Crippen LogP contribution in [0.1, 0.15) is 18.9 Å². The van der Waals surface area contributed by atoms with Crippen molar-refractivity contribution in [3.63, 3.8) is 0 Å². The molecule has 1 aliphatic heterocycles. The minimum absolute atomic E-state index is 0.0165. The second kappa shape index (κ2) is 7.46. The highest BCUT2D eigenvalue weighted by Crippen LogP contribution is 2.33. The van der Waals surface area contributed by atoms with Crippen LogP contribution in [0, 0.1) is 11.3 Å². The summed E-state index contributed by atoms with van der Waals surface area (Å²) in [5.74, 6) is -0.910. The minimum atomic E-state index is -4.95. The minimum Gasteiger partial charge on any atom is -0.380 e. The highest BCUT2D eigenvalue weighted by Gasteiger charge is 2.51. The third-order valence-electron chi connectivity index (χ3n) is 4.32. The van der Waals surface area contributed by atoms with E-state index in [1.54, 1.807) is 6.07 Å². The number of rotatable bonds is 4. The van der Waals surface area contributed by atoms with Gasteiger partial charge in [-0.2, -0.15) is 22.7 Å². The first-order valence-corrected chi connectivity index (χ1v) is 9.40. The normalized spacial score (nSPS) is 18.6. The fourth-order valence-corrected chi connectivity index (χ4v) is 4.17. The molecule has 1 aliphatic rings. The Morgan fingerprint density at radius 3 is 2.30 bits per heavy atom. The predicted molar refractivity (Wildman–Crippen MR) is 87.8 cm³/mol. The van der Waals surface area contributed by atoms with Gasteiger partial charge in [0.05, 0.1) is 16.9 Å². The Labute approximate surface area is 154 Å². The highest BCUT2D eigenvalue weighted by molar-refractivity contribution is 7.89. The van der Waals surface area contributed by atoms with Crippen LogP contribution in [0.25, 0.3) is 0 Å². The van der Waals surface area contributed by atoms with E-state index >= 15 is 0 Å². The smallest absolute Gasteiger partial charge is 0.380 e.